The second-order valence-corrected chi connectivity index (χ2v) is 5.71. The number of carbonyl (C=O) groups excluding carboxylic acids is 1. The van der Waals surface area contributed by atoms with Crippen LogP contribution in [0.4, 0.5) is 5.69 Å². The Morgan fingerprint density at radius 1 is 1.30 bits per heavy atom. The van der Waals surface area contributed by atoms with Gasteiger partial charge >= 0.3 is 0 Å². The van der Waals surface area contributed by atoms with Crippen molar-refractivity contribution in [2.24, 2.45) is 0 Å². The molecule has 0 saturated carbocycles. The lowest BCUT2D eigenvalue weighted by atomic mass is 10.1. The van der Waals surface area contributed by atoms with Crippen LogP contribution in [0.2, 0.25) is 5.02 Å². The van der Waals surface area contributed by atoms with Crippen LogP contribution in [0.3, 0.4) is 0 Å². The van der Waals surface area contributed by atoms with E-state index in [0.29, 0.717) is 16.3 Å². The maximum absolute atomic E-state index is 12.2. The van der Waals surface area contributed by atoms with Gasteiger partial charge in [-0.3, -0.25) is 4.79 Å². The fourth-order valence-corrected chi connectivity index (χ4v) is 2.42. The Morgan fingerprint density at radius 2 is 2.00 bits per heavy atom. The molecule has 104 valence electrons. The lowest BCUT2D eigenvalue weighted by Crippen LogP contribution is -2.26. The maximum Gasteiger partial charge on any atom is 0.251 e. The van der Waals surface area contributed by atoms with Gasteiger partial charge in [-0.05, 0) is 52.7 Å². The summed E-state index contributed by atoms with van der Waals surface area (Å²) in [6.45, 7) is 1.89. The van der Waals surface area contributed by atoms with E-state index in [1.165, 1.54) is 0 Å². The van der Waals surface area contributed by atoms with Crippen molar-refractivity contribution in [3.05, 3.63) is 63.1 Å². The highest BCUT2D eigenvalue weighted by atomic mass is 79.9. The zero-order valence-corrected chi connectivity index (χ0v) is 13.2. The Hall–Kier alpha value is -1.52. The zero-order valence-electron chi connectivity index (χ0n) is 10.9. The van der Waals surface area contributed by atoms with Crippen molar-refractivity contribution >= 4 is 39.1 Å². The molecule has 1 atom stereocenters. The van der Waals surface area contributed by atoms with Gasteiger partial charge in [-0.1, -0.05) is 29.8 Å². The predicted molar refractivity (Wildman–Crippen MR) is 85.9 cm³/mol. The number of halogens is 2. The molecule has 2 aromatic rings. The first-order valence-electron chi connectivity index (χ1n) is 6.09. The minimum Gasteiger partial charge on any atom is -0.398 e. The highest BCUT2D eigenvalue weighted by Crippen LogP contribution is 2.23. The van der Waals surface area contributed by atoms with E-state index in [9.17, 15) is 4.79 Å². The molecule has 2 rings (SSSR count). The zero-order chi connectivity index (χ0) is 14.7. The van der Waals surface area contributed by atoms with Gasteiger partial charge in [-0.15, -0.1) is 0 Å². The fourth-order valence-electron chi connectivity index (χ4n) is 1.87. The largest absolute Gasteiger partial charge is 0.398 e. The van der Waals surface area contributed by atoms with Crippen LogP contribution in [0.25, 0.3) is 0 Å². The number of carbonyl (C=O) groups is 1. The number of nitrogen functional groups attached to an aromatic ring is 1. The number of benzene rings is 2. The van der Waals surface area contributed by atoms with Crippen LogP contribution in [0.5, 0.6) is 0 Å². The van der Waals surface area contributed by atoms with E-state index >= 15 is 0 Å². The molecule has 2 aromatic carbocycles. The van der Waals surface area contributed by atoms with Gasteiger partial charge in [-0.2, -0.15) is 0 Å². The summed E-state index contributed by atoms with van der Waals surface area (Å²) < 4.78 is 0.771. The molecule has 0 aromatic heterocycles. The topological polar surface area (TPSA) is 55.1 Å². The van der Waals surface area contributed by atoms with Crippen molar-refractivity contribution in [3.63, 3.8) is 0 Å². The highest BCUT2D eigenvalue weighted by Gasteiger charge is 2.14. The van der Waals surface area contributed by atoms with Crippen LogP contribution in [-0.2, 0) is 0 Å². The minimum absolute atomic E-state index is 0.180. The third kappa shape index (κ3) is 3.32. The lowest BCUT2D eigenvalue weighted by molar-refractivity contribution is 0.0940. The van der Waals surface area contributed by atoms with Gasteiger partial charge in [0.25, 0.3) is 5.91 Å². The van der Waals surface area contributed by atoms with Crippen LogP contribution in [0.15, 0.2) is 46.9 Å². The van der Waals surface area contributed by atoms with Crippen LogP contribution in [0.1, 0.15) is 28.9 Å². The molecule has 0 radical (unpaired) electrons. The monoisotopic (exact) mass is 352 g/mol. The standard InChI is InChI=1S/C15H14BrClN2O/c1-9(11-4-2-3-5-13(11)17)19-15(20)10-6-7-12(16)14(18)8-10/h2-9H,18H2,1H3,(H,19,20). The lowest BCUT2D eigenvalue weighted by Gasteiger charge is -2.16. The molecule has 0 aliphatic rings. The molecule has 0 saturated heterocycles. The first-order valence-corrected chi connectivity index (χ1v) is 7.26. The number of amides is 1. The molecule has 0 aliphatic heterocycles. The predicted octanol–water partition coefficient (Wildman–Crippen LogP) is 4.18. The Bertz CT molecular complexity index is 646. The third-order valence-electron chi connectivity index (χ3n) is 2.98. The SMILES string of the molecule is CC(NC(=O)c1ccc(Br)c(N)c1)c1ccccc1Cl. The van der Waals surface area contributed by atoms with E-state index in [2.05, 4.69) is 21.2 Å². The average molecular weight is 354 g/mol. The van der Waals surface area contributed by atoms with Gasteiger partial charge < -0.3 is 11.1 Å². The summed E-state index contributed by atoms with van der Waals surface area (Å²) >= 11 is 9.42. The molecule has 3 N–H and O–H groups in total. The summed E-state index contributed by atoms with van der Waals surface area (Å²) in [5, 5.41) is 3.54. The van der Waals surface area contributed by atoms with Crippen molar-refractivity contribution in [3.8, 4) is 0 Å². The number of rotatable bonds is 3. The smallest absolute Gasteiger partial charge is 0.251 e. The maximum atomic E-state index is 12.2. The molecule has 0 heterocycles. The van der Waals surface area contributed by atoms with Crippen molar-refractivity contribution in [1.82, 2.24) is 5.32 Å². The van der Waals surface area contributed by atoms with E-state index in [0.717, 1.165) is 10.0 Å². The summed E-state index contributed by atoms with van der Waals surface area (Å²) in [7, 11) is 0. The second-order valence-electron chi connectivity index (χ2n) is 4.45. The molecule has 1 amide bonds. The minimum atomic E-state index is -0.184. The number of anilines is 1. The molecular weight excluding hydrogens is 340 g/mol. The second kappa shape index (κ2) is 6.29. The van der Waals surface area contributed by atoms with E-state index in [-0.39, 0.29) is 11.9 Å². The van der Waals surface area contributed by atoms with Crippen molar-refractivity contribution in [1.29, 1.82) is 0 Å². The van der Waals surface area contributed by atoms with Gasteiger partial charge in [-0.25, -0.2) is 0 Å². The Balaban J connectivity index is 2.15. The van der Waals surface area contributed by atoms with Crippen LogP contribution in [0, 0.1) is 0 Å². The van der Waals surface area contributed by atoms with Crippen molar-refractivity contribution < 1.29 is 4.79 Å². The van der Waals surface area contributed by atoms with E-state index in [1.54, 1.807) is 24.3 Å². The van der Waals surface area contributed by atoms with Gasteiger partial charge in [0, 0.05) is 20.7 Å². The van der Waals surface area contributed by atoms with Gasteiger partial charge in [0.2, 0.25) is 0 Å². The van der Waals surface area contributed by atoms with E-state index < -0.39 is 0 Å². The molecular formula is C15H14BrClN2O. The quantitative estimate of drug-likeness (QED) is 0.813. The number of hydrogen-bond donors (Lipinski definition) is 2. The molecule has 0 bridgehead atoms. The summed E-state index contributed by atoms with van der Waals surface area (Å²) in [6.07, 6.45) is 0. The molecule has 0 spiro atoms. The van der Waals surface area contributed by atoms with E-state index in [4.69, 9.17) is 17.3 Å². The van der Waals surface area contributed by atoms with Crippen LogP contribution >= 0.6 is 27.5 Å². The van der Waals surface area contributed by atoms with Gasteiger partial charge in [0.1, 0.15) is 0 Å². The van der Waals surface area contributed by atoms with Crippen LogP contribution in [-0.4, -0.2) is 5.91 Å². The molecule has 0 aliphatic carbocycles. The van der Waals surface area contributed by atoms with E-state index in [1.807, 2.05) is 25.1 Å². The molecule has 3 nitrogen and oxygen atoms in total. The van der Waals surface area contributed by atoms with Gasteiger partial charge in [0.05, 0.1) is 6.04 Å². The fraction of sp³-hybridized carbons (Fsp3) is 0.133. The average Bonchev–Trinajstić information content (AvgIpc) is 2.42. The Morgan fingerprint density at radius 3 is 2.65 bits per heavy atom. The Labute approximate surface area is 131 Å². The molecule has 0 fully saturated rings. The first-order chi connectivity index (χ1) is 9.49. The summed E-state index contributed by atoms with van der Waals surface area (Å²) in [5.74, 6) is -0.184. The summed E-state index contributed by atoms with van der Waals surface area (Å²) in [4.78, 5) is 12.2. The molecule has 5 heteroatoms. The number of hydrogen-bond acceptors (Lipinski definition) is 2. The summed E-state index contributed by atoms with van der Waals surface area (Å²) in [6, 6.07) is 12.4. The van der Waals surface area contributed by atoms with Crippen LogP contribution < -0.4 is 11.1 Å². The third-order valence-corrected chi connectivity index (χ3v) is 4.04. The number of nitrogens with two attached hydrogens (primary N) is 1. The molecule has 1 unspecified atom stereocenters. The van der Waals surface area contributed by atoms with Crippen molar-refractivity contribution in [2.45, 2.75) is 13.0 Å². The number of nitrogens with one attached hydrogen (secondary N) is 1. The summed E-state index contributed by atoms with van der Waals surface area (Å²) in [5.41, 5.74) is 7.71. The van der Waals surface area contributed by atoms with Crippen molar-refractivity contribution in [2.75, 3.05) is 5.73 Å². The highest BCUT2D eigenvalue weighted by molar-refractivity contribution is 9.10. The Kier molecular flexibility index (Phi) is 4.68. The normalized spacial score (nSPS) is 11.9. The molecule has 20 heavy (non-hydrogen) atoms. The first kappa shape index (κ1) is 14.9. The van der Waals surface area contributed by atoms with Gasteiger partial charge in [0.15, 0.2) is 0 Å².